The Morgan fingerprint density at radius 3 is 1.24 bits per heavy atom. The Morgan fingerprint density at radius 1 is 0.364 bits per heavy atom. The molecule has 0 saturated carbocycles. The SMILES string of the molecule is CC(=O)C=C(C)O.CC(=O)C=C(C)O.CC(=O)C=C(C)O.CC(=O)C=C(C)O.[Ir].[Ir].[Ir].[Ir].[Ir].[c-]1c(-c2ccccn2)sc2ccccc12.[c-]1ccccc1-c1ccc2ccccc2n1.[c-]1ccccc1-c1ccccn1.[c-]1ccccc1-c1nc2ccccc2o1.[c-]1ccccc1-c1nccc2ccccc12. The van der Waals surface area contributed by atoms with Gasteiger partial charge < -0.3 is 39.8 Å². The molecule has 14 rings (SSSR count). The van der Waals surface area contributed by atoms with E-state index >= 15 is 0 Å². The second kappa shape index (κ2) is 53.2. The van der Waals surface area contributed by atoms with Crippen molar-refractivity contribution >= 4 is 77.3 Å². The van der Waals surface area contributed by atoms with Crippen molar-refractivity contribution in [3.63, 3.8) is 0 Å². The van der Waals surface area contributed by atoms with Crippen LogP contribution in [0.25, 0.3) is 98.7 Å². The average Bonchev–Trinajstić information content (AvgIpc) is 0.915. The van der Waals surface area contributed by atoms with Gasteiger partial charge in [0.1, 0.15) is 11.5 Å². The molecule has 20 heteroatoms. The predicted octanol–water partition coefficient (Wildman–Crippen LogP) is 21.1. The Labute approximate surface area is 696 Å². The molecule has 559 valence electrons. The Bertz CT molecular complexity index is 4700. The van der Waals surface area contributed by atoms with Crippen LogP contribution in [0.5, 0.6) is 0 Å². The fraction of sp³-hybridized carbons (Fsp3) is 0.0920. The molecule has 4 N–H and O–H groups in total. The average molecular weight is 2330 g/mol. The molecular formula is C87H76Ir5N5O9S-5. The molecular weight excluding hydrogens is 2250 g/mol. The summed E-state index contributed by atoms with van der Waals surface area (Å²) in [7, 11) is 0. The number of nitrogens with zero attached hydrogens (tertiary/aromatic N) is 5. The number of aliphatic hydroxyl groups is 4. The maximum Gasteiger partial charge on any atom is 0.155 e. The number of benzene rings is 8. The number of pyridine rings is 4. The fourth-order valence-corrected chi connectivity index (χ4v) is 9.92. The van der Waals surface area contributed by atoms with Crippen molar-refractivity contribution in [1.82, 2.24) is 24.9 Å². The summed E-state index contributed by atoms with van der Waals surface area (Å²) in [6, 6.07) is 97.7. The molecule has 5 radical (unpaired) electrons. The number of hydrogen-bond acceptors (Lipinski definition) is 15. The molecule has 107 heavy (non-hydrogen) atoms. The van der Waals surface area contributed by atoms with Crippen LogP contribution < -0.4 is 0 Å². The first-order valence-corrected chi connectivity index (χ1v) is 32.7. The largest absolute Gasteiger partial charge is 0.512 e. The molecule has 14 nitrogen and oxygen atoms in total. The molecule has 0 atom stereocenters. The fourth-order valence-electron chi connectivity index (χ4n) is 8.94. The predicted molar refractivity (Wildman–Crippen MR) is 411 cm³/mol. The minimum atomic E-state index is -0.125. The minimum Gasteiger partial charge on any atom is -0.512 e. The van der Waals surface area contributed by atoms with Crippen molar-refractivity contribution in [2.75, 3.05) is 0 Å². The van der Waals surface area contributed by atoms with Gasteiger partial charge >= 0.3 is 0 Å². The number of carbonyl (C=O) groups excluding carboxylic acids is 4. The van der Waals surface area contributed by atoms with E-state index in [1.165, 1.54) is 106 Å². The van der Waals surface area contributed by atoms with E-state index in [0.717, 1.165) is 66.5 Å². The Balaban J connectivity index is 0.000000611. The smallest absolute Gasteiger partial charge is 0.155 e. The van der Waals surface area contributed by atoms with Gasteiger partial charge in [-0.25, -0.2) is 11.3 Å². The molecule has 0 bridgehead atoms. The van der Waals surface area contributed by atoms with Crippen molar-refractivity contribution < 1.29 is 145 Å². The van der Waals surface area contributed by atoms with Crippen molar-refractivity contribution in [2.24, 2.45) is 0 Å². The van der Waals surface area contributed by atoms with Crippen LogP contribution in [-0.4, -0.2) is 68.5 Å². The maximum absolute atomic E-state index is 10.0. The van der Waals surface area contributed by atoms with E-state index in [2.05, 4.69) is 97.7 Å². The van der Waals surface area contributed by atoms with E-state index in [1.54, 1.807) is 17.5 Å². The normalized spacial score (nSPS) is 10.2. The first-order chi connectivity index (χ1) is 49.2. The van der Waals surface area contributed by atoms with Gasteiger partial charge in [0.2, 0.25) is 0 Å². The van der Waals surface area contributed by atoms with Crippen LogP contribution in [0.2, 0.25) is 0 Å². The zero-order chi connectivity index (χ0) is 73.4. The third kappa shape index (κ3) is 36.5. The summed E-state index contributed by atoms with van der Waals surface area (Å²) < 4.78 is 6.87. The van der Waals surface area contributed by atoms with Gasteiger partial charge in [0.15, 0.2) is 23.1 Å². The summed E-state index contributed by atoms with van der Waals surface area (Å²) >= 11 is 1.73. The number of allylic oxidation sites excluding steroid dienone is 8. The molecule has 0 unspecified atom stereocenters. The van der Waals surface area contributed by atoms with Gasteiger partial charge in [0.05, 0.1) is 34.1 Å². The van der Waals surface area contributed by atoms with Crippen LogP contribution in [0, 0.1) is 30.3 Å². The molecule has 6 aromatic heterocycles. The zero-order valence-electron chi connectivity index (χ0n) is 59.4. The van der Waals surface area contributed by atoms with Gasteiger partial charge in [-0.2, -0.15) is 0 Å². The maximum atomic E-state index is 10.0. The molecule has 14 aromatic rings. The van der Waals surface area contributed by atoms with E-state index in [4.69, 9.17) is 24.8 Å². The summed E-state index contributed by atoms with van der Waals surface area (Å²) in [6.07, 6.45) is 10.1. The molecule has 0 aliphatic carbocycles. The molecule has 0 aliphatic rings. The summed E-state index contributed by atoms with van der Waals surface area (Å²) in [6.45, 7) is 11.4. The molecule has 0 aliphatic heterocycles. The van der Waals surface area contributed by atoms with E-state index in [9.17, 15) is 19.2 Å². The number of para-hydroxylation sites is 3. The number of aromatic nitrogens is 5. The number of ketones is 4. The van der Waals surface area contributed by atoms with E-state index in [0.29, 0.717) is 5.89 Å². The third-order valence-corrected chi connectivity index (χ3v) is 14.1. The first-order valence-electron chi connectivity index (χ1n) is 31.9. The van der Waals surface area contributed by atoms with Crippen molar-refractivity contribution in [1.29, 1.82) is 0 Å². The molecule has 8 aromatic carbocycles. The van der Waals surface area contributed by atoms with Gasteiger partial charge in [-0.15, -0.1) is 162 Å². The number of aliphatic hydroxyl groups excluding tert-OH is 4. The first kappa shape index (κ1) is 95.4. The summed E-state index contributed by atoms with van der Waals surface area (Å²) in [5, 5.41) is 38.2. The van der Waals surface area contributed by atoms with E-state index in [1.807, 2.05) is 219 Å². The molecule has 0 amide bonds. The van der Waals surface area contributed by atoms with Crippen LogP contribution in [0.15, 0.2) is 319 Å². The minimum absolute atomic E-state index is 0. The number of carbonyl (C=O) groups is 4. The van der Waals surface area contributed by atoms with Crippen LogP contribution in [0.3, 0.4) is 0 Å². The van der Waals surface area contributed by atoms with Crippen LogP contribution in [0.4, 0.5) is 0 Å². The van der Waals surface area contributed by atoms with Crippen LogP contribution in [0.1, 0.15) is 55.4 Å². The Hall–Kier alpha value is -9.60. The van der Waals surface area contributed by atoms with Crippen molar-refractivity contribution in [3.05, 3.63) is 345 Å². The Morgan fingerprint density at radius 2 is 0.785 bits per heavy atom. The molecule has 6 heterocycles. The van der Waals surface area contributed by atoms with E-state index in [-0.39, 0.29) is 147 Å². The second-order valence-electron chi connectivity index (χ2n) is 21.9. The van der Waals surface area contributed by atoms with E-state index < -0.39 is 0 Å². The molecule has 0 fully saturated rings. The second-order valence-corrected chi connectivity index (χ2v) is 23.0. The van der Waals surface area contributed by atoms with Crippen molar-refractivity contribution in [3.8, 4) is 55.8 Å². The monoisotopic (exact) mass is 2330 g/mol. The van der Waals surface area contributed by atoms with Crippen LogP contribution in [-0.2, 0) is 120 Å². The molecule has 0 spiro atoms. The number of oxazole rings is 1. The molecule has 0 saturated heterocycles. The van der Waals surface area contributed by atoms with Crippen LogP contribution >= 0.6 is 11.3 Å². The number of thiophene rings is 1. The quantitative estimate of drug-likeness (QED) is 0.0599. The number of fused-ring (bicyclic) bond motifs is 4. The van der Waals surface area contributed by atoms with Gasteiger partial charge in [-0.1, -0.05) is 109 Å². The summed E-state index contributed by atoms with van der Waals surface area (Å²) in [5.74, 6) is 0.372. The summed E-state index contributed by atoms with van der Waals surface area (Å²) in [5.41, 5.74) is 10.7. The zero-order valence-corrected chi connectivity index (χ0v) is 72.1. The third-order valence-electron chi connectivity index (χ3n) is 13.0. The summed E-state index contributed by atoms with van der Waals surface area (Å²) in [4.78, 5) is 63.2. The standard InChI is InChI=1S/2C15H10N.C13H8NO.C13H8NS.C11H8N.4C5H8O2.5Ir/c1-2-7-13(8-3-1)15-14-9-5-4-6-12(14)10-11-16-15;1-2-6-12(7-3-1)15-11-10-13-8-4-5-9-14(13)16-15;1-2-6-10(7-3-1)13-14-11-8-4-5-9-12(11)15-13;1-2-7-12-10(5-1)9-13(15-12)11-6-3-4-8-14-11;1-2-6-10(7-3-1)11-8-4-5-9-12-11;4*1-4(6)3-5(2)7;;;;;/h1-7,9-11H;1-6,8-11H;1-6,8-9H;1-8H;1-6,8-9H;4*3,6H,1-2H3;;;;;/q5*-1;;;;;;;;;. The van der Waals surface area contributed by atoms with Gasteiger partial charge in [-0.05, 0) is 135 Å². The van der Waals surface area contributed by atoms with Gasteiger partial charge in [0.25, 0.3) is 0 Å². The van der Waals surface area contributed by atoms with Gasteiger partial charge in [0, 0.05) is 149 Å². The number of rotatable bonds is 9. The van der Waals surface area contributed by atoms with Gasteiger partial charge in [-0.3, -0.25) is 29.1 Å². The Kier molecular flexibility index (Phi) is 47.4. The van der Waals surface area contributed by atoms with Crippen molar-refractivity contribution in [2.45, 2.75) is 55.4 Å². The number of hydrogen-bond donors (Lipinski definition) is 4. The topological polar surface area (TPSA) is 227 Å².